The van der Waals surface area contributed by atoms with Crippen molar-refractivity contribution in [3.05, 3.63) is 0 Å². The second-order valence-electron chi connectivity index (χ2n) is 6.50. The van der Waals surface area contributed by atoms with Gasteiger partial charge in [0.1, 0.15) is 6.16 Å². The van der Waals surface area contributed by atoms with Gasteiger partial charge in [-0.2, -0.15) is 0 Å². The van der Waals surface area contributed by atoms with Crippen LogP contribution in [-0.2, 0) is 0 Å². The van der Waals surface area contributed by atoms with E-state index in [4.69, 9.17) is 9.79 Å². The number of unbranched alkanes of at least 4 members (excludes halogenated alkanes) is 11. The molecule has 134 valence electrons. The fourth-order valence-electron chi connectivity index (χ4n) is 2.72. The van der Waals surface area contributed by atoms with Gasteiger partial charge in [-0.1, -0.05) is 71.1 Å². The van der Waals surface area contributed by atoms with Gasteiger partial charge in [-0.15, -0.1) is 0 Å². The van der Waals surface area contributed by atoms with Gasteiger partial charge in [-0.05, 0) is 12.8 Å². The highest BCUT2D eigenvalue weighted by atomic mass is 31.2. The van der Waals surface area contributed by atoms with Crippen molar-refractivity contribution < 1.29 is 20.0 Å². The summed E-state index contributed by atoms with van der Waals surface area (Å²) in [7, 11) is -3.77. The zero-order valence-corrected chi connectivity index (χ0v) is 15.5. The molecule has 5 heteroatoms. The lowest BCUT2D eigenvalue weighted by atomic mass is 10.1. The molecule has 0 aromatic heterocycles. The standard InChI is InChI=1S/C17H38NO3P/c1-2-3-4-5-6-7-8-9-10-11-12-13-15-18-16-14-17-22(19,20)21/h18H,2-17H2,1H3,(H2,19,20,21)/p+1. The lowest BCUT2D eigenvalue weighted by Crippen LogP contribution is -2.84. The maximum atomic E-state index is 10.7. The molecule has 0 unspecified atom stereocenters. The van der Waals surface area contributed by atoms with Crippen molar-refractivity contribution in [1.29, 1.82) is 0 Å². The van der Waals surface area contributed by atoms with Gasteiger partial charge < -0.3 is 10.2 Å². The van der Waals surface area contributed by atoms with E-state index in [0.29, 0.717) is 6.42 Å². The normalized spacial score (nSPS) is 12.0. The van der Waals surface area contributed by atoms with E-state index in [-0.39, 0.29) is 6.16 Å². The van der Waals surface area contributed by atoms with Crippen LogP contribution in [-0.4, -0.2) is 29.0 Å². The first-order valence-electron chi connectivity index (χ1n) is 9.42. The van der Waals surface area contributed by atoms with Crippen molar-refractivity contribution in [3.63, 3.8) is 0 Å². The van der Waals surface area contributed by atoms with E-state index >= 15 is 0 Å². The monoisotopic (exact) mass is 336 g/mol. The largest absolute Gasteiger partial charge is 0.632 e. The van der Waals surface area contributed by atoms with Crippen molar-refractivity contribution in [2.75, 3.05) is 19.3 Å². The topological polar surface area (TPSA) is 80.1 Å². The lowest BCUT2D eigenvalue weighted by Gasteiger charge is -2.13. The van der Waals surface area contributed by atoms with E-state index in [1.165, 1.54) is 77.0 Å². The summed E-state index contributed by atoms with van der Waals surface area (Å²) in [5.74, 6) is 0. The zero-order chi connectivity index (χ0) is 16.5. The smallest absolute Gasteiger partial charge is 0.230 e. The van der Waals surface area contributed by atoms with Crippen LogP contribution < -0.4 is 10.2 Å². The number of hydrogen-bond donors (Lipinski definition) is 3. The highest BCUT2D eigenvalue weighted by molar-refractivity contribution is 7.57. The van der Waals surface area contributed by atoms with Gasteiger partial charge in [-0.3, -0.25) is 0 Å². The first kappa shape index (κ1) is 22.3. The fourth-order valence-corrected chi connectivity index (χ4v) is 3.31. The summed E-state index contributed by atoms with van der Waals surface area (Å²) in [6.45, 7) is 4.20. The Morgan fingerprint density at radius 1 is 0.682 bits per heavy atom. The first-order chi connectivity index (χ1) is 10.6. The summed E-state index contributed by atoms with van der Waals surface area (Å²) >= 11 is 0. The van der Waals surface area contributed by atoms with Gasteiger partial charge >= 0.3 is 0 Å². The molecule has 0 spiro atoms. The molecule has 22 heavy (non-hydrogen) atoms. The molecule has 0 rings (SSSR count). The second-order valence-corrected chi connectivity index (χ2v) is 8.27. The van der Waals surface area contributed by atoms with Gasteiger partial charge in [0.25, 0.3) is 0 Å². The maximum Gasteiger partial charge on any atom is 0.230 e. The summed E-state index contributed by atoms with van der Waals surface area (Å²) in [5.41, 5.74) is 0. The molecule has 0 saturated heterocycles. The predicted molar refractivity (Wildman–Crippen MR) is 93.6 cm³/mol. The number of rotatable bonds is 17. The van der Waals surface area contributed by atoms with Gasteiger partial charge in [0.15, 0.2) is 0 Å². The Bertz CT molecular complexity index is 222. The molecule has 0 aliphatic rings. The second kappa shape index (κ2) is 16.1. The van der Waals surface area contributed by atoms with Crippen LogP contribution >= 0.6 is 7.94 Å². The Balaban J connectivity index is 3.00. The third-order valence-electron chi connectivity index (χ3n) is 4.12. The quantitative estimate of drug-likeness (QED) is 0.282. The Kier molecular flexibility index (Phi) is 16.3. The van der Waals surface area contributed by atoms with Crippen LogP contribution in [0, 0.1) is 0 Å². The van der Waals surface area contributed by atoms with Crippen LogP contribution in [0.2, 0.25) is 0 Å². The molecule has 0 aliphatic carbocycles. The Morgan fingerprint density at radius 3 is 1.55 bits per heavy atom. The van der Waals surface area contributed by atoms with E-state index in [0.717, 1.165) is 13.1 Å². The van der Waals surface area contributed by atoms with Gasteiger partial charge in [0, 0.05) is 6.42 Å². The van der Waals surface area contributed by atoms with Crippen LogP contribution in [0.1, 0.15) is 90.4 Å². The Hall–Kier alpha value is 0.270. The predicted octanol–water partition coefficient (Wildman–Crippen LogP) is 2.75. The molecule has 0 aromatic carbocycles. The summed E-state index contributed by atoms with van der Waals surface area (Å²) in [6.07, 6.45) is 17.1. The van der Waals surface area contributed by atoms with Gasteiger partial charge in [-0.25, -0.2) is 9.79 Å². The summed E-state index contributed by atoms with van der Waals surface area (Å²) in [4.78, 5) is 28.1. The molecular weight excluding hydrogens is 297 g/mol. The number of quaternary nitrogens is 1. The summed E-state index contributed by atoms with van der Waals surface area (Å²) in [5, 5.41) is 2.19. The minimum Gasteiger partial charge on any atom is -0.632 e. The third-order valence-corrected chi connectivity index (χ3v) is 5.02. The third kappa shape index (κ3) is 20.3. The SMILES string of the molecule is CCCCCCCCCCCCCC[NH2+]CCC[P+]([O-])(O)O. The molecule has 0 aliphatic heterocycles. The molecule has 4 nitrogen and oxygen atoms in total. The molecule has 0 fully saturated rings. The van der Waals surface area contributed by atoms with E-state index < -0.39 is 7.94 Å². The van der Waals surface area contributed by atoms with E-state index in [2.05, 4.69) is 12.2 Å². The summed E-state index contributed by atoms with van der Waals surface area (Å²) in [6, 6.07) is 0. The van der Waals surface area contributed by atoms with Crippen molar-refractivity contribution in [2.45, 2.75) is 90.4 Å². The first-order valence-corrected chi connectivity index (χ1v) is 11.2. The number of nitrogens with two attached hydrogens (primary N) is 1. The van der Waals surface area contributed by atoms with E-state index in [9.17, 15) is 4.89 Å². The van der Waals surface area contributed by atoms with Gasteiger partial charge in [0.05, 0.1) is 13.1 Å². The van der Waals surface area contributed by atoms with Crippen molar-refractivity contribution in [3.8, 4) is 0 Å². The zero-order valence-electron chi connectivity index (χ0n) is 14.6. The molecular formula is C17H39NO3P+. The van der Waals surface area contributed by atoms with E-state index in [1.807, 2.05) is 0 Å². The molecule has 4 N–H and O–H groups in total. The summed E-state index contributed by atoms with van der Waals surface area (Å²) < 4.78 is 0. The van der Waals surface area contributed by atoms with Crippen LogP contribution in [0.3, 0.4) is 0 Å². The van der Waals surface area contributed by atoms with E-state index in [1.54, 1.807) is 0 Å². The molecule has 0 heterocycles. The van der Waals surface area contributed by atoms with Crippen LogP contribution in [0.15, 0.2) is 0 Å². The minimum absolute atomic E-state index is 0.0297. The Morgan fingerprint density at radius 2 is 1.09 bits per heavy atom. The fraction of sp³-hybridized carbons (Fsp3) is 1.00. The Labute approximate surface area is 138 Å². The van der Waals surface area contributed by atoms with Gasteiger partial charge in [0.2, 0.25) is 7.94 Å². The highest BCUT2D eigenvalue weighted by Gasteiger charge is 2.16. The average Bonchev–Trinajstić information content (AvgIpc) is 2.45. The van der Waals surface area contributed by atoms with Crippen molar-refractivity contribution in [2.24, 2.45) is 0 Å². The molecule has 0 bridgehead atoms. The molecule has 0 radical (unpaired) electrons. The highest BCUT2D eigenvalue weighted by Crippen LogP contribution is 2.38. The molecule has 0 atom stereocenters. The molecule has 0 amide bonds. The molecule has 0 saturated carbocycles. The maximum absolute atomic E-state index is 10.7. The number of hydrogen-bond acceptors (Lipinski definition) is 3. The van der Waals surface area contributed by atoms with Crippen molar-refractivity contribution in [1.82, 2.24) is 0 Å². The van der Waals surface area contributed by atoms with Crippen LogP contribution in [0.5, 0.6) is 0 Å². The van der Waals surface area contributed by atoms with Crippen LogP contribution in [0.4, 0.5) is 0 Å². The van der Waals surface area contributed by atoms with Crippen molar-refractivity contribution >= 4 is 7.94 Å². The lowest BCUT2D eigenvalue weighted by molar-refractivity contribution is -0.655. The van der Waals surface area contributed by atoms with Crippen LogP contribution in [0.25, 0.3) is 0 Å². The molecule has 0 aromatic rings. The minimum atomic E-state index is -3.77. The average molecular weight is 336 g/mol.